The lowest BCUT2D eigenvalue weighted by Gasteiger charge is -2.27. The van der Waals surface area contributed by atoms with E-state index in [1.54, 1.807) is 4.68 Å². The van der Waals surface area contributed by atoms with Gasteiger partial charge in [-0.25, -0.2) is 4.68 Å². The first-order valence-corrected chi connectivity index (χ1v) is 9.33. The Balaban J connectivity index is 1.72. The van der Waals surface area contributed by atoms with Gasteiger partial charge in [-0.2, -0.15) is 5.10 Å². The summed E-state index contributed by atoms with van der Waals surface area (Å²) in [5.41, 5.74) is 5.57. The Morgan fingerprint density at radius 2 is 1.96 bits per heavy atom. The SMILES string of the molecule is Cc1ccc(-c2nn(-c3ccccc3)cc2C(=O)NCC2CNC2)c(C)c1. The molecule has 5 nitrogen and oxygen atoms in total. The Kier molecular flexibility index (Phi) is 4.77. The van der Waals surface area contributed by atoms with Gasteiger partial charge >= 0.3 is 0 Å². The van der Waals surface area contributed by atoms with E-state index in [9.17, 15) is 4.79 Å². The van der Waals surface area contributed by atoms with Crippen molar-refractivity contribution < 1.29 is 4.79 Å². The number of amides is 1. The second-order valence-electron chi connectivity index (χ2n) is 7.22. The van der Waals surface area contributed by atoms with Gasteiger partial charge in [0.15, 0.2) is 0 Å². The van der Waals surface area contributed by atoms with Crippen molar-refractivity contribution in [3.8, 4) is 16.9 Å². The molecule has 1 saturated heterocycles. The van der Waals surface area contributed by atoms with Crippen LogP contribution in [-0.2, 0) is 0 Å². The minimum atomic E-state index is -0.0703. The van der Waals surface area contributed by atoms with Crippen molar-refractivity contribution in [3.05, 3.63) is 71.4 Å². The second-order valence-corrected chi connectivity index (χ2v) is 7.22. The average molecular weight is 360 g/mol. The maximum Gasteiger partial charge on any atom is 0.255 e. The standard InChI is InChI=1S/C22H24N4O/c1-15-8-9-19(16(2)10-15)21-20(22(27)24-13-17-11-23-12-17)14-26(25-21)18-6-4-3-5-7-18/h3-10,14,17,23H,11-13H2,1-2H3,(H,24,27). The number of carbonyl (C=O) groups is 1. The van der Waals surface area contributed by atoms with Gasteiger partial charge in [0.05, 0.1) is 11.3 Å². The minimum Gasteiger partial charge on any atom is -0.352 e. The maximum atomic E-state index is 12.9. The van der Waals surface area contributed by atoms with Gasteiger partial charge in [-0.3, -0.25) is 4.79 Å². The topological polar surface area (TPSA) is 59.0 Å². The average Bonchev–Trinajstić information content (AvgIpc) is 3.06. The maximum absolute atomic E-state index is 12.9. The van der Waals surface area contributed by atoms with Crippen LogP contribution in [0, 0.1) is 19.8 Å². The van der Waals surface area contributed by atoms with E-state index in [4.69, 9.17) is 5.10 Å². The van der Waals surface area contributed by atoms with Crippen LogP contribution in [0.3, 0.4) is 0 Å². The van der Waals surface area contributed by atoms with Crippen LogP contribution in [0.2, 0.25) is 0 Å². The van der Waals surface area contributed by atoms with E-state index < -0.39 is 0 Å². The third-order valence-electron chi connectivity index (χ3n) is 5.03. The summed E-state index contributed by atoms with van der Waals surface area (Å²) in [6.07, 6.45) is 1.83. The molecule has 1 aromatic heterocycles. The lowest BCUT2D eigenvalue weighted by Crippen LogP contribution is -2.48. The fourth-order valence-electron chi connectivity index (χ4n) is 3.36. The monoisotopic (exact) mass is 360 g/mol. The van der Waals surface area contributed by atoms with Gasteiger partial charge in [-0.15, -0.1) is 0 Å². The van der Waals surface area contributed by atoms with Crippen LogP contribution < -0.4 is 10.6 Å². The van der Waals surface area contributed by atoms with E-state index in [0.717, 1.165) is 35.6 Å². The fraction of sp³-hybridized carbons (Fsp3) is 0.273. The van der Waals surface area contributed by atoms with Crippen molar-refractivity contribution in [2.75, 3.05) is 19.6 Å². The highest BCUT2D eigenvalue weighted by molar-refractivity contribution is 6.00. The molecule has 0 bridgehead atoms. The molecule has 0 atom stereocenters. The molecule has 0 spiro atoms. The lowest BCUT2D eigenvalue weighted by atomic mass is 10.00. The summed E-state index contributed by atoms with van der Waals surface area (Å²) in [5, 5.41) is 11.1. The number of aromatic nitrogens is 2. The first-order valence-electron chi connectivity index (χ1n) is 9.33. The summed E-state index contributed by atoms with van der Waals surface area (Å²) in [6, 6.07) is 16.1. The van der Waals surface area contributed by atoms with Crippen LogP contribution in [-0.4, -0.2) is 35.3 Å². The van der Waals surface area contributed by atoms with Gasteiger partial charge in [0.1, 0.15) is 5.69 Å². The highest BCUT2D eigenvalue weighted by Crippen LogP contribution is 2.27. The molecule has 1 fully saturated rings. The quantitative estimate of drug-likeness (QED) is 0.735. The second kappa shape index (κ2) is 7.37. The predicted molar refractivity (Wildman–Crippen MR) is 107 cm³/mol. The third-order valence-corrected chi connectivity index (χ3v) is 5.03. The molecule has 0 unspecified atom stereocenters. The van der Waals surface area contributed by atoms with E-state index in [0.29, 0.717) is 18.0 Å². The van der Waals surface area contributed by atoms with Crippen LogP contribution in [0.4, 0.5) is 0 Å². The Hall–Kier alpha value is -2.92. The zero-order valence-corrected chi connectivity index (χ0v) is 15.7. The van der Waals surface area contributed by atoms with Crippen LogP contribution in [0.5, 0.6) is 0 Å². The van der Waals surface area contributed by atoms with Gasteiger partial charge in [0.25, 0.3) is 5.91 Å². The van der Waals surface area contributed by atoms with Crippen molar-refractivity contribution in [1.82, 2.24) is 20.4 Å². The Morgan fingerprint density at radius 3 is 2.63 bits per heavy atom. The zero-order valence-electron chi connectivity index (χ0n) is 15.7. The summed E-state index contributed by atoms with van der Waals surface area (Å²) in [5.74, 6) is 0.446. The highest BCUT2D eigenvalue weighted by Gasteiger charge is 2.22. The number of benzene rings is 2. The van der Waals surface area contributed by atoms with Crippen LogP contribution in [0.25, 0.3) is 16.9 Å². The number of carbonyl (C=O) groups excluding carboxylic acids is 1. The molecular weight excluding hydrogens is 336 g/mol. The van der Waals surface area contributed by atoms with E-state index in [1.807, 2.05) is 36.5 Å². The molecule has 2 N–H and O–H groups in total. The van der Waals surface area contributed by atoms with Crippen molar-refractivity contribution >= 4 is 5.91 Å². The molecule has 0 aliphatic carbocycles. The fourth-order valence-corrected chi connectivity index (χ4v) is 3.36. The summed E-state index contributed by atoms with van der Waals surface area (Å²) in [4.78, 5) is 12.9. The molecule has 138 valence electrons. The summed E-state index contributed by atoms with van der Waals surface area (Å²) in [7, 11) is 0. The smallest absolute Gasteiger partial charge is 0.255 e. The first-order chi connectivity index (χ1) is 13.1. The zero-order chi connectivity index (χ0) is 18.8. The number of para-hydroxylation sites is 1. The largest absolute Gasteiger partial charge is 0.352 e. The molecule has 1 aliphatic heterocycles. The predicted octanol–water partition coefficient (Wildman–Crippen LogP) is 3.11. The normalized spacial score (nSPS) is 14.0. The first kappa shape index (κ1) is 17.5. The van der Waals surface area contributed by atoms with Crippen molar-refractivity contribution in [2.24, 2.45) is 5.92 Å². The lowest BCUT2D eigenvalue weighted by molar-refractivity contribution is 0.0943. The summed E-state index contributed by atoms with van der Waals surface area (Å²) >= 11 is 0. The molecule has 2 aromatic carbocycles. The van der Waals surface area contributed by atoms with E-state index in [1.165, 1.54) is 5.56 Å². The molecule has 1 aliphatic rings. The molecule has 1 amide bonds. The number of nitrogens with one attached hydrogen (secondary N) is 2. The number of hydrogen-bond donors (Lipinski definition) is 2. The van der Waals surface area contributed by atoms with Gasteiger partial charge in [-0.05, 0) is 31.5 Å². The van der Waals surface area contributed by atoms with Crippen LogP contribution in [0.15, 0.2) is 54.7 Å². The van der Waals surface area contributed by atoms with Gasteiger partial charge in [0.2, 0.25) is 0 Å². The van der Waals surface area contributed by atoms with Gasteiger partial charge < -0.3 is 10.6 Å². The van der Waals surface area contributed by atoms with Crippen LogP contribution >= 0.6 is 0 Å². The third kappa shape index (κ3) is 3.64. The molecule has 5 heteroatoms. The molecule has 0 radical (unpaired) electrons. The van der Waals surface area contributed by atoms with Crippen molar-refractivity contribution in [1.29, 1.82) is 0 Å². The molecule has 27 heavy (non-hydrogen) atoms. The molecule has 3 aromatic rings. The van der Waals surface area contributed by atoms with E-state index in [2.05, 4.69) is 42.7 Å². The van der Waals surface area contributed by atoms with Gasteiger partial charge in [0, 0.05) is 37.3 Å². The molecular formula is C22H24N4O. The van der Waals surface area contributed by atoms with E-state index in [-0.39, 0.29) is 5.91 Å². The molecule has 2 heterocycles. The summed E-state index contributed by atoms with van der Waals surface area (Å²) in [6.45, 7) is 6.75. The number of hydrogen-bond acceptors (Lipinski definition) is 3. The Labute approximate surface area is 159 Å². The van der Waals surface area contributed by atoms with Gasteiger partial charge in [-0.1, -0.05) is 42.0 Å². The summed E-state index contributed by atoms with van der Waals surface area (Å²) < 4.78 is 1.79. The molecule has 4 rings (SSSR count). The van der Waals surface area contributed by atoms with Crippen molar-refractivity contribution in [2.45, 2.75) is 13.8 Å². The number of rotatable bonds is 5. The Morgan fingerprint density at radius 1 is 1.19 bits per heavy atom. The molecule has 0 saturated carbocycles. The van der Waals surface area contributed by atoms with E-state index >= 15 is 0 Å². The Bertz CT molecular complexity index is 958. The number of nitrogens with zero attached hydrogens (tertiary/aromatic N) is 2. The highest BCUT2D eigenvalue weighted by atomic mass is 16.1. The van der Waals surface area contributed by atoms with Crippen molar-refractivity contribution in [3.63, 3.8) is 0 Å². The minimum absolute atomic E-state index is 0.0703. The number of aryl methyl sites for hydroxylation is 2. The van der Waals surface area contributed by atoms with Crippen LogP contribution in [0.1, 0.15) is 21.5 Å².